The molecule has 9 heteroatoms. The van der Waals surface area contributed by atoms with Crippen LogP contribution in [-0.4, -0.2) is 42.9 Å². The molecule has 2 N–H and O–H groups in total. The van der Waals surface area contributed by atoms with E-state index in [1.807, 2.05) is 30.3 Å². The van der Waals surface area contributed by atoms with Gasteiger partial charge in [0.25, 0.3) is 0 Å². The van der Waals surface area contributed by atoms with Crippen molar-refractivity contribution in [1.29, 1.82) is 0 Å². The van der Waals surface area contributed by atoms with Crippen molar-refractivity contribution >= 4 is 29.3 Å². The molecule has 0 bridgehead atoms. The number of rotatable bonds is 7. The van der Waals surface area contributed by atoms with Crippen LogP contribution in [0.4, 0.5) is 5.69 Å². The van der Waals surface area contributed by atoms with Crippen LogP contribution in [0.3, 0.4) is 0 Å². The highest BCUT2D eigenvalue weighted by Gasteiger charge is 2.11. The molecule has 0 radical (unpaired) electrons. The maximum atomic E-state index is 12.1. The van der Waals surface area contributed by atoms with E-state index in [2.05, 4.69) is 20.8 Å². The first-order chi connectivity index (χ1) is 12.6. The summed E-state index contributed by atoms with van der Waals surface area (Å²) < 4.78 is 1.57. The van der Waals surface area contributed by atoms with Crippen molar-refractivity contribution in [2.45, 2.75) is 11.6 Å². The molecule has 0 fully saturated rings. The van der Waals surface area contributed by atoms with E-state index in [9.17, 15) is 9.59 Å². The van der Waals surface area contributed by atoms with E-state index in [0.717, 1.165) is 5.69 Å². The fourth-order valence-corrected chi connectivity index (χ4v) is 2.90. The number of thioether (sulfide) groups is 1. The monoisotopic (exact) mass is 369 g/mol. The summed E-state index contributed by atoms with van der Waals surface area (Å²) in [6.45, 7) is 0. The minimum absolute atomic E-state index is 0.0494. The molecule has 0 aliphatic rings. The molecule has 1 heterocycles. The normalized spacial score (nSPS) is 10.5. The van der Waals surface area contributed by atoms with Crippen LogP contribution in [0.15, 0.2) is 59.8 Å². The van der Waals surface area contributed by atoms with E-state index >= 15 is 0 Å². The average Bonchev–Trinajstić information content (AvgIpc) is 3.11. The number of aliphatic carboxylic acids is 1. The number of carboxylic acid groups (broad SMARTS) is 1. The van der Waals surface area contributed by atoms with Gasteiger partial charge in [-0.25, -0.2) is 0 Å². The second-order valence-electron chi connectivity index (χ2n) is 5.31. The zero-order valence-electron chi connectivity index (χ0n) is 13.6. The summed E-state index contributed by atoms with van der Waals surface area (Å²) >= 11 is 1.22. The Morgan fingerprint density at radius 2 is 1.81 bits per heavy atom. The number of carbonyl (C=O) groups excluding carboxylic acids is 1. The Labute approximate surface area is 153 Å². The van der Waals surface area contributed by atoms with Gasteiger partial charge in [-0.3, -0.25) is 9.59 Å². The lowest BCUT2D eigenvalue weighted by molar-refractivity contribution is -0.136. The summed E-state index contributed by atoms with van der Waals surface area (Å²) in [5.74, 6) is -0.956. The first-order valence-corrected chi connectivity index (χ1v) is 8.67. The van der Waals surface area contributed by atoms with Gasteiger partial charge in [-0.05, 0) is 40.3 Å². The van der Waals surface area contributed by atoms with Crippen LogP contribution in [-0.2, 0) is 16.0 Å². The van der Waals surface area contributed by atoms with Crippen LogP contribution >= 0.6 is 11.8 Å². The number of aromatic nitrogens is 4. The van der Waals surface area contributed by atoms with E-state index in [1.165, 1.54) is 11.8 Å². The summed E-state index contributed by atoms with van der Waals surface area (Å²) in [5, 5.41) is 23.6. The molecule has 132 valence electrons. The van der Waals surface area contributed by atoms with Gasteiger partial charge in [0.2, 0.25) is 11.1 Å². The fraction of sp³-hybridized carbons (Fsp3) is 0.118. The predicted octanol–water partition coefficient (Wildman–Crippen LogP) is 2.02. The first kappa shape index (κ1) is 17.6. The Kier molecular flexibility index (Phi) is 5.59. The number of carboxylic acids is 1. The van der Waals surface area contributed by atoms with E-state index in [-0.39, 0.29) is 18.1 Å². The van der Waals surface area contributed by atoms with Gasteiger partial charge in [-0.15, -0.1) is 5.10 Å². The Balaban J connectivity index is 1.57. The molecule has 0 aliphatic carbocycles. The van der Waals surface area contributed by atoms with Gasteiger partial charge >= 0.3 is 5.97 Å². The van der Waals surface area contributed by atoms with Crippen molar-refractivity contribution in [1.82, 2.24) is 20.2 Å². The van der Waals surface area contributed by atoms with Crippen LogP contribution in [0.5, 0.6) is 0 Å². The van der Waals surface area contributed by atoms with Gasteiger partial charge in [0.15, 0.2) is 0 Å². The number of nitrogens with one attached hydrogen (secondary N) is 1. The Morgan fingerprint density at radius 3 is 2.50 bits per heavy atom. The maximum Gasteiger partial charge on any atom is 0.307 e. The van der Waals surface area contributed by atoms with Crippen LogP contribution in [0.25, 0.3) is 5.69 Å². The third-order valence-electron chi connectivity index (χ3n) is 3.37. The third kappa shape index (κ3) is 4.67. The Bertz CT molecular complexity index is 896. The van der Waals surface area contributed by atoms with Gasteiger partial charge in [-0.1, -0.05) is 42.1 Å². The van der Waals surface area contributed by atoms with E-state index in [4.69, 9.17) is 5.11 Å². The van der Waals surface area contributed by atoms with Gasteiger partial charge in [-0.2, -0.15) is 4.68 Å². The smallest absolute Gasteiger partial charge is 0.307 e. The Hall–Kier alpha value is -3.20. The highest BCUT2D eigenvalue weighted by molar-refractivity contribution is 7.99. The molecule has 0 spiro atoms. The number of benzene rings is 2. The van der Waals surface area contributed by atoms with E-state index in [0.29, 0.717) is 16.4 Å². The molecule has 0 saturated carbocycles. The lowest BCUT2D eigenvalue weighted by atomic mass is 10.1. The van der Waals surface area contributed by atoms with Crippen molar-refractivity contribution in [3.8, 4) is 5.69 Å². The minimum Gasteiger partial charge on any atom is -0.481 e. The fourth-order valence-electron chi connectivity index (χ4n) is 2.21. The molecule has 3 rings (SSSR count). The second-order valence-corrected chi connectivity index (χ2v) is 6.26. The molecule has 26 heavy (non-hydrogen) atoms. The number of anilines is 1. The number of hydrogen-bond donors (Lipinski definition) is 2. The number of para-hydroxylation sites is 1. The number of nitrogens with zero attached hydrogens (tertiary/aromatic N) is 4. The number of amides is 1. The number of hydrogen-bond acceptors (Lipinski definition) is 6. The van der Waals surface area contributed by atoms with Gasteiger partial charge in [0, 0.05) is 5.69 Å². The van der Waals surface area contributed by atoms with Gasteiger partial charge < -0.3 is 10.4 Å². The second kappa shape index (κ2) is 8.26. The van der Waals surface area contributed by atoms with E-state index in [1.54, 1.807) is 28.9 Å². The molecule has 8 nitrogen and oxygen atoms in total. The van der Waals surface area contributed by atoms with E-state index < -0.39 is 5.97 Å². The standard InChI is InChI=1S/C17H15N5O3S/c23-15(18-13-8-6-12(7-9-13)10-16(24)25)11-26-17-19-20-21-22(17)14-4-2-1-3-5-14/h1-9H,10-11H2,(H,18,23)(H,24,25). The minimum atomic E-state index is -0.894. The zero-order valence-corrected chi connectivity index (χ0v) is 14.4. The largest absolute Gasteiger partial charge is 0.481 e. The molecule has 0 saturated heterocycles. The molecule has 3 aromatic rings. The summed E-state index contributed by atoms with van der Waals surface area (Å²) in [7, 11) is 0. The lowest BCUT2D eigenvalue weighted by Crippen LogP contribution is -2.14. The van der Waals surface area contributed by atoms with Crippen LogP contribution in [0.1, 0.15) is 5.56 Å². The molecule has 1 aromatic heterocycles. The number of carbonyl (C=O) groups is 2. The van der Waals surface area contributed by atoms with Crippen molar-refractivity contribution in [3.63, 3.8) is 0 Å². The van der Waals surface area contributed by atoms with Crippen LogP contribution in [0.2, 0.25) is 0 Å². The third-order valence-corrected chi connectivity index (χ3v) is 4.29. The predicted molar refractivity (Wildman–Crippen MR) is 96.3 cm³/mol. The molecule has 0 atom stereocenters. The first-order valence-electron chi connectivity index (χ1n) is 7.69. The summed E-state index contributed by atoms with van der Waals surface area (Å²) in [5.41, 5.74) is 2.09. The highest BCUT2D eigenvalue weighted by atomic mass is 32.2. The topological polar surface area (TPSA) is 110 Å². The van der Waals surface area contributed by atoms with Gasteiger partial charge in [0.1, 0.15) is 0 Å². The molecule has 0 unspecified atom stereocenters. The quantitative estimate of drug-likeness (QED) is 0.613. The van der Waals surface area contributed by atoms with Crippen molar-refractivity contribution in [2.24, 2.45) is 0 Å². The molecular formula is C17H15N5O3S. The highest BCUT2D eigenvalue weighted by Crippen LogP contribution is 2.18. The van der Waals surface area contributed by atoms with Gasteiger partial charge in [0.05, 0.1) is 17.9 Å². The molecular weight excluding hydrogens is 354 g/mol. The van der Waals surface area contributed by atoms with Crippen molar-refractivity contribution < 1.29 is 14.7 Å². The molecule has 0 aliphatic heterocycles. The summed E-state index contributed by atoms with van der Waals surface area (Å²) in [4.78, 5) is 22.8. The van der Waals surface area contributed by atoms with Crippen molar-refractivity contribution in [2.75, 3.05) is 11.1 Å². The van der Waals surface area contributed by atoms with Crippen molar-refractivity contribution in [3.05, 3.63) is 60.2 Å². The van der Waals surface area contributed by atoms with Crippen LogP contribution < -0.4 is 5.32 Å². The average molecular weight is 369 g/mol. The maximum absolute atomic E-state index is 12.1. The zero-order chi connectivity index (χ0) is 18.4. The lowest BCUT2D eigenvalue weighted by Gasteiger charge is -2.06. The Morgan fingerprint density at radius 1 is 1.08 bits per heavy atom. The summed E-state index contributed by atoms with van der Waals surface area (Å²) in [6.07, 6.45) is -0.0494. The SMILES string of the molecule is O=C(O)Cc1ccc(NC(=O)CSc2nnnn2-c2ccccc2)cc1. The number of tetrazole rings is 1. The molecule has 2 aromatic carbocycles. The van der Waals surface area contributed by atoms with Crippen LogP contribution in [0, 0.1) is 0 Å². The molecule has 1 amide bonds. The summed E-state index contributed by atoms with van der Waals surface area (Å²) in [6, 6.07) is 16.1.